The largest absolute Gasteiger partial charge is 0.496 e. The van der Waals surface area contributed by atoms with Gasteiger partial charge in [0.25, 0.3) is 0 Å². The van der Waals surface area contributed by atoms with Gasteiger partial charge in [-0.3, -0.25) is 4.21 Å². The molecule has 1 rings (SSSR count). The fourth-order valence-corrected chi connectivity index (χ4v) is 2.89. The van der Waals surface area contributed by atoms with Crippen LogP contribution < -0.4 is 10.5 Å². The van der Waals surface area contributed by atoms with Crippen LogP contribution >= 0.6 is 0 Å². The van der Waals surface area contributed by atoms with Crippen LogP contribution in [0.1, 0.15) is 31.7 Å². The summed E-state index contributed by atoms with van der Waals surface area (Å²) in [7, 11) is 0.798. The van der Waals surface area contributed by atoms with E-state index in [2.05, 4.69) is 6.92 Å². The van der Waals surface area contributed by atoms with Gasteiger partial charge in [-0.05, 0) is 12.5 Å². The molecule has 1 aromatic carbocycles. The molecule has 1 atom stereocenters. The molecule has 0 aliphatic carbocycles. The molecule has 3 nitrogen and oxygen atoms in total. The minimum absolute atomic E-state index is 0.549. The molecular weight excluding hydrogens is 234 g/mol. The molecule has 0 heterocycles. The monoisotopic (exact) mass is 255 g/mol. The van der Waals surface area contributed by atoms with E-state index in [1.807, 2.05) is 12.1 Å². The number of benzene rings is 1. The van der Waals surface area contributed by atoms with Crippen LogP contribution in [0.3, 0.4) is 0 Å². The van der Waals surface area contributed by atoms with Gasteiger partial charge in [-0.1, -0.05) is 25.8 Å². The molecule has 0 bridgehead atoms. The zero-order valence-electron chi connectivity index (χ0n) is 10.6. The smallest absolute Gasteiger partial charge is 0.125 e. The number of hydrogen-bond donors (Lipinski definition) is 1. The maximum Gasteiger partial charge on any atom is 0.125 e. The molecule has 0 saturated carbocycles. The standard InChI is InChI=1S/C13H21NO2S/c1-3-4-5-8-17(15)10-11-6-7-12(14)9-13(11)16-2/h6-7,9H,3-5,8,10,14H2,1-2H3. The SMILES string of the molecule is CCCCCS(=O)Cc1ccc(N)cc1OC. The molecule has 0 aliphatic heterocycles. The number of nitrogens with two attached hydrogens (primary N) is 1. The third-order valence-electron chi connectivity index (χ3n) is 2.60. The highest BCUT2D eigenvalue weighted by atomic mass is 32.2. The van der Waals surface area contributed by atoms with Crippen LogP contribution in [0.4, 0.5) is 5.69 Å². The Morgan fingerprint density at radius 1 is 1.35 bits per heavy atom. The van der Waals surface area contributed by atoms with Crippen molar-refractivity contribution in [3.8, 4) is 5.75 Å². The highest BCUT2D eigenvalue weighted by Crippen LogP contribution is 2.23. The molecule has 0 spiro atoms. The topological polar surface area (TPSA) is 52.3 Å². The van der Waals surface area contributed by atoms with E-state index in [1.165, 1.54) is 0 Å². The summed E-state index contributed by atoms with van der Waals surface area (Å²) >= 11 is 0. The Kier molecular flexibility index (Phi) is 6.05. The molecule has 1 unspecified atom stereocenters. The Labute approximate surface area is 106 Å². The zero-order chi connectivity index (χ0) is 12.7. The molecule has 0 aromatic heterocycles. The molecule has 1 aromatic rings. The summed E-state index contributed by atoms with van der Waals surface area (Å²) in [6.07, 6.45) is 3.33. The number of rotatable bonds is 7. The second-order valence-corrected chi connectivity index (χ2v) is 5.64. The minimum Gasteiger partial charge on any atom is -0.496 e. The number of nitrogen functional groups attached to an aromatic ring is 1. The second-order valence-electron chi connectivity index (χ2n) is 4.07. The van der Waals surface area contributed by atoms with E-state index in [4.69, 9.17) is 10.5 Å². The average Bonchev–Trinajstić information content (AvgIpc) is 2.32. The van der Waals surface area contributed by atoms with Crippen LogP contribution in [-0.4, -0.2) is 17.1 Å². The Morgan fingerprint density at radius 2 is 2.12 bits per heavy atom. The van der Waals surface area contributed by atoms with Crippen LogP contribution in [-0.2, 0) is 16.6 Å². The van der Waals surface area contributed by atoms with Crippen LogP contribution in [0.2, 0.25) is 0 Å². The normalized spacial score (nSPS) is 12.4. The summed E-state index contributed by atoms with van der Waals surface area (Å²) < 4.78 is 17.1. The number of hydrogen-bond acceptors (Lipinski definition) is 3. The fraction of sp³-hybridized carbons (Fsp3) is 0.538. The van der Waals surface area contributed by atoms with Crippen molar-refractivity contribution in [3.63, 3.8) is 0 Å². The molecule has 0 radical (unpaired) electrons. The first-order valence-electron chi connectivity index (χ1n) is 5.94. The summed E-state index contributed by atoms with van der Waals surface area (Å²) in [5.41, 5.74) is 7.31. The summed E-state index contributed by atoms with van der Waals surface area (Å²) in [4.78, 5) is 0. The fourth-order valence-electron chi connectivity index (χ4n) is 1.64. The highest BCUT2D eigenvalue weighted by Gasteiger charge is 2.07. The van der Waals surface area contributed by atoms with E-state index < -0.39 is 10.8 Å². The first kappa shape index (κ1) is 14.0. The quantitative estimate of drug-likeness (QED) is 0.602. The third kappa shape index (κ3) is 4.77. The van der Waals surface area contributed by atoms with Crippen molar-refractivity contribution >= 4 is 16.5 Å². The van der Waals surface area contributed by atoms with E-state index in [9.17, 15) is 4.21 Å². The van der Waals surface area contributed by atoms with Gasteiger partial charge in [0.1, 0.15) is 5.75 Å². The van der Waals surface area contributed by atoms with Gasteiger partial charge in [0.15, 0.2) is 0 Å². The van der Waals surface area contributed by atoms with Crippen molar-refractivity contribution in [2.45, 2.75) is 31.9 Å². The van der Waals surface area contributed by atoms with Gasteiger partial charge in [0, 0.05) is 33.9 Å². The van der Waals surface area contributed by atoms with Crippen molar-refractivity contribution in [3.05, 3.63) is 23.8 Å². The van der Waals surface area contributed by atoms with Gasteiger partial charge < -0.3 is 10.5 Å². The minimum atomic E-state index is -0.812. The van der Waals surface area contributed by atoms with E-state index in [-0.39, 0.29) is 0 Å². The van der Waals surface area contributed by atoms with Crippen molar-refractivity contribution in [1.82, 2.24) is 0 Å². The lowest BCUT2D eigenvalue weighted by Crippen LogP contribution is -2.03. The van der Waals surface area contributed by atoms with Gasteiger partial charge in [-0.25, -0.2) is 0 Å². The number of ether oxygens (including phenoxy) is 1. The molecule has 96 valence electrons. The number of methoxy groups -OCH3 is 1. The van der Waals surface area contributed by atoms with E-state index in [0.717, 1.165) is 36.3 Å². The number of anilines is 1. The van der Waals surface area contributed by atoms with E-state index >= 15 is 0 Å². The molecule has 0 amide bonds. The summed E-state index contributed by atoms with van der Waals surface area (Å²) in [5, 5.41) is 0. The molecule has 4 heteroatoms. The van der Waals surface area contributed by atoms with Crippen LogP contribution in [0, 0.1) is 0 Å². The maximum atomic E-state index is 11.9. The van der Waals surface area contributed by atoms with Crippen molar-refractivity contribution in [2.24, 2.45) is 0 Å². The molecule has 0 fully saturated rings. The van der Waals surface area contributed by atoms with Gasteiger partial charge in [-0.2, -0.15) is 0 Å². The van der Waals surface area contributed by atoms with Gasteiger partial charge in [-0.15, -0.1) is 0 Å². The second kappa shape index (κ2) is 7.33. The molecule has 17 heavy (non-hydrogen) atoms. The predicted octanol–water partition coefficient (Wildman–Crippen LogP) is 2.72. The summed E-state index contributed by atoms with van der Waals surface area (Å²) in [6, 6.07) is 5.49. The predicted molar refractivity (Wildman–Crippen MR) is 73.6 cm³/mol. The Hall–Kier alpha value is -1.03. The average molecular weight is 255 g/mol. The van der Waals surface area contributed by atoms with Gasteiger partial charge >= 0.3 is 0 Å². The van der Waals surface area contributed by atoms with Crippen molar-refractivity contribution in [2.75, 3.05) is 18.6 Å². The molecule has 0 saturated heterocycles. The first-order chi connectivity index (χ1) is 8.17. The Bertz CT molecular complexity index is 380. The maximum absolute atomic E-state index is 11.9. The summed E-state index contributed by atoms with van der Waals surface area (Å²) in [6.45, 7) is 2.14. The zero-order valence-corrected chi connectivity index (χ0v) is 11.4. The first-order valence-corrected chi connectivity index (χ1v) is 7.43. The van der Waals surface area contributed by atoms with Crippen molar-refractivity contribution < 1.29 is 8.95 Å². The lowest BCUT2D eigenvalue weighted by Gasteiger charge is -2.09. The third-order valence-corrected chi connectivity index (χ3v) is 3.98. The van der Waals surface area contributed by atoms with Gasteiger partial charge in [0.2, 0.25) is 0 Å². The molecule has 2 N–H and O–H groups in total. The van der Waals surface area contributed by atoms with E-state index in [0.29, 0.717) is 11.4 Å². The number of unbranched alkanes of at least 4 members (excludes halogenated alkanes) is 2. The highest BCUT2D eigenvalue weighted by molar-refractivity contribution is 7.84. The van der Waals surface area contributed by atoms with Crippen LogP contribution in [0.5, 0.6) is 5.75 Å². The van der Waals surface area contributed by atoms with Crippen LogP contribution in [0.25, 0.3) is 0 Å². The van der Waals surface area contributed by atoms with Gasteiger partial charge in [0.05, 0.1) is 12.9 Å². The van der Waals surface area contributed by atoms with Crippen molar-refractivity contribution in [1.29, 1.82) is 0 Å². The molecule has 0 aliphatic rings. The van der Waals surface area contributed by atoms with Crippen LogP contribution in [0.15, 0.2) is 18.2 Å². The summed E-state index contributed by atoms with van der Waals surface area (Å²) in [5.74, 6) is 2.04. The Balaban J connectivity index is 2.58. The Morgan fingerprint density at radius 3 is 2.76 bits per heavy atom. The lowest BCUT2D eigenvalue weighted by atomic mass is 10.2. The lowest BCUT2D eigenvalue weighted by molar-refractivity contribution is 0.411. The van der Waals surface area contributed by atoms with E-state index in [1.54, 1.807) is 13.2 Å². The molecular formula is C13H21NO2S.